The first kappa shape index (κ1) is 15.8. The van der Waals surface area contributed by atoms with Crippen molar-refractivity contribution in [2.75, 3.05) is 6.61 Å². The number of halogens is 3. The second-order valence-electron chi connectivity index (χ2n) is 4.58. The molecule has 0 amide bonds. The van der Waals surface area contributed by atoms with E-state index in [1.165, 1.54) is 12.1 Å². The van der Waals surface area contributed by atoms with Crippen molar-refractivity contribution >= 4 is 23.1 Å². The highest BCUT2D eigenvalue weighted by molar-refractivity contribution is 7.12. The van der Waals surface area contributed by atoms with Gasteiger partial charge in [0.1, 0.15) is 0 Å². The second-order valence-corrected chi connectivity index (χ2v) is 5.53. The highest BCUT2D eigenvalue weighted by Crippen LogP contribution is 2.45. The van der Waals surface area contributed by atoms with Gasteiger partial charge < -0.3 is 4.74 Å². The Balaban J connectivity index is 2.34. The minimum Gasteiger partial charge on any atom is -0.463 e. The smallest absolute Gasteiger partial charge is 0.393 e. The normalized spacial score (nSPS) is 22.0. The third kappa shape index (κ3) is 3.18. The maximum Gasteiger partial charge on any atom is 0.393 e. The van der Waals surface area contributed by atoms with Gasteiger partial charge in [-0.05, 0) is 24.8 Å². The highest BCUT2D eigenvalue weighted by atomic mass is 32.1. The Morgan fingerprint density at radius 2 is 2.14 bits per heavy atom. The average molecular weight is 318 g/mol. The zero-order valence-electron chi connectivity index (χ0n) is 11.1. The molecule has 7 heteroatoms. The highest BCUT2D eigenvalue weighted by Gasteiger charge is 2.52. The molecule has 1 aliphatic carbocycles. The van der Waals surface area contributed by atoms with Gasteiger partial charge in [-0.25, -0.2) is 4.79 Å². The Morgan fingerprint density at radius 1 is 1.43 bits per heavy atom. The van der Waals surface area contributed by atoms with Crippen molar-refractivity contribution in [1.29, 1.82) is 0 Å². The van der Waals surface area contributed by atoms with E-state index in [9.17, 15) is 22.8 Å². The van der Waals surface area contributed by atoms with Crippen molar-refractivity contribution in [2.24, 2.45) is 11.8 Å². The monoisotopic (exact) mass is 318 g/mol. The summed E-state index contributed by atoms with van der Waals surface area (Å²) in [5, 5.41) is 1.61. The number of esters is 1. The average Bonchev–Trinajstić information content (AvgIpc) is 3.06. The van der Waals surface area contributed by atoms with Crippen LogP contribution in [-0.4, -0.2) is 24.5 Å². The molecule has 2 atom stereocenters. The summed E-state index contributed by atoms with van der Waals surface area (Å²) in [5.74, 6) is -4.91. The molecule has 0 unspecified atom stereocenters. The van der Waals surface area contributed by atoms with Gasteiger partial charge in [0, 0.05) is 5.57 Å². The van der Waals surface area contributed by atoms with E-state index in [1.807, 2.05) is 0 Å². The summed E-state index contributed by atoms with van der Waals surface area (Å²) in [6, 6.07) is 3.05. The van der Waals surface area contributed by atoms with Crippen LogP contribution in [0.1, 0.15) is 23.0 Å². The number of rotatable bonds is 4. The summed E-state index contributed by atoms with van der Waals surface area (Å²) in [6.45, 7) is 1.61. The van der Waals surface area contributed by atoms with E-state index >= 15 is 0 Å². The van der Waals surface area contributed by atoms with Gasteiger partial charge in [0.2, 0.25) is 0 Å². The number of carbonyl (C=O) groups is 2. The predicted octanol–water partition coefficient (Wildman–Crippen LogP) is 3.62. The molecule has 0 aromatic carbocycles. The first-order valence-corrected chi connectivity index (χ1v) is 7.25. The number of alkyl halides is 3. The maximum atomic E-state index is 13.1. The van der Waals surface area contributed by atoms with Crippen molar-refractivity contribution in [3.05, 3.63) is 34.0 Å². The van der Waals surface area contributed by atoms with Crippen LogP contribution in [0.4, 0.5) is 13.2 Å². The molecule has 0 saturated carbocycles. The molecule has 1 aromatic rings. The van der Waals surface area contributed by atoms with Crippen LogP contribution < -0.4 is 0 Å². The Bertz CT molecular complexity index is 561. The molecule has 1 aliphatic rings. The van der Waals surface area contributed by atoms with Gasteiger partial charge in [-0.3, -0.25) is 4.79 Å². The third-order valence-electron chi connectivity index (χ3n) is 3.31. The molecule has 21 heavy (non-hydrogen) atoms. The van der Waals surface area contributed by atoms with Gasteiger partial charge in [-0.2, -0.15) is 13.2 Å². The predicted molar refractivity (Wildman–Crippen MR) is 71.0 cm³/mol. The van der Waals surface area contributed by atoms with Crippen LogP contribution in [0.3, 0.4) is 0 Å². The van der Waals surface area contributed by atoms with Crippen LogP contribution in [0.2, 0.25) is 0 Å². The first-order chi connectivity index (χ1) is 9.86. The molecule has 0 spiro atoms. The Hall–Kier alpha value is -1.63. The molecule has 0 saturated heterocycles. The van der Waals surface area contributed by atoms with E-state index in [4.69, 9.17) is 4.74 Å². The van der Waals surface area contributed by atoms with Gasteiger partial charge in [0.25, 0.3) is 0 Å². The quantitative estimate of drug-likeness (QED) is 0.629. The fourth-order valence-corrected chi connectivity index (χ4v) is 3.08. The largest absolute Gasteiger partial charge is 0.463 e. The number of ether oxygens (including phenoxy) is 1. The van der Waals surface area contributed by atoms with Crippen molar-refractivity contribution in [2.45, 2.75) is 19.5 Å². The van der Waals surface area contributed by atoms with Crippen LogP contribution in [0.15, 0.2) is 29.2 Å². The van der Waals surface area contributed by atoms with Gasteiger partial charge in [0.05, 0.1) is 23.3 Å². The molecule has 0 radical (unpaired) electrons. The van der Waals surface area contributed by atoms with E-state index < -0.39 is 29.8 Å². The number of ketones is 1. The molecular formula is C14H13F3O3S. The summed E-state index contributed by atoms with van der Waals surface area (Å²) in [4.78, 5) is 24.4. The first-order valence-electron chi connectivity index (χ1n) is 6.37. The van der Waals surface area contributed by atoms with E-state index in [0.717, 1.165) is 11.3 Å². The van der Waals surface area contributed by atoms with Gasteiger partial charge in [-0.15, -0.1) is 11.3 Å². The SMILES string of the molecule is CCOC(=O)C1=CC[C@H](C(F)(F)F)[C@H]1C(=O)c1cccs1. The van der Waals surface area contributed by atoms with Crippen molar-refractivity contribution in [3.63, 3.8) is 0 Å². The molecular weight excluding hydrogens is 305 g/mol. The molecule has 0 N–H and O–H groups in total. The standard InChI is InChI=1S/C14H13F3O3S/c1-2-20-13(19)8-5-6-9(14(15,16)17)11(8)12(18)10-4-3-7-21-10/h3-5,7,9,11H,2,6H2,1H3/t9-,11-/m0/s1. The summed E-state index contributed by atoms with van der Waals surface area (Å²) >= 11 is 1.06. The topological polar surface area (TPSA) is 43.4 Å². The molecule has 3 nitrogen and oxygen atoms in total. The van der Waals surface area contributed by atoms with Gasteiger partial charge >= 0.3 is 12.1 Å². The molecule has 2 rings (SSSR count). The summed E-state index contributed by atoms with van der Waals surface area (Å²) in [6.07, 6.45) is -3.74. The number of carbonyl (C=O) groups excluding carboxylic acids is 2. The van der Waals surface area contributed by atoms with Crippen molar-refractivity contribution in [3.8, 4) is 0 Å². The summed E-state index contributed by atoms with van der Waals surface area (Å²) in [5.41, 5.74) is -0.183. The van der Waals surface area contributed by atoms with Crippen molar-refractivity contribution < 1.29 is 27.5 Å². The number of Topliss-reactive ketones (excluding diaryl/α,β-unsaturated/α-hetero) is 1. The van der Waals surface area contributed by atoms with Crippen LogP contribution >= 0.6 is 11.3 Å². The minimum absolute atomic E-state index is 0.0484. The molecule has 0 bridgehead atoms. The maximum absolute atomic E-state index is 13.1. The van der Waals surface area contributed by atoms with E-state index in [2.05, 4.69) is 0 Å². The van der Waals surface area contributed by atoms with E-state index in [-0.39, 0.29) is 23.5 Å². The fraction of sp³-hybridized carbons (Fsp3) is 0.429. The molecule has 0 aliphatic heterocycles. The van der Waals surface area contributed by atoms with Crippen LogP contribution in [0.25, 0.3) is 0 Å². The molecule has 0 fully saturated rings. The number of thiophene rings is 1. The number of hydrogen-bond acceptors (Lipinski definition) is 4. The lowest BCUT2D eigenvalue weighted by Crippen LogP contribution is -2.34. The molecule has 114 valence electrons. The Labute approximate surface area is 123 Å². The number of hydrogen-bond donors (Lipinski definition) is 0. The van der Waals surface area contributed by atoms with Crippen LogP contribution in [-0.2, 0) is 9.53 Å². The zero-order chi connectivity index (χ0) is 15.6. The lowest BCUT2D eigenvalue weighted by atomic mass is 9.86. The van der Waals surface area contributed by atoms with Crippen molar-refractivity contribution in [1.82, 2.24) is 0 Å². The summed E-state index contributed by atoms with van der Waals surface area (Å²) in [7, 11) is 0. The van der Waals surface area contributed by atoms with Crippen LogP contribution in [0.5, 0.6) is 0 Å². The Kier molecular flexibility index (Phi) is 4.51. The Morgan fingerprint density at radius 3 is 2.67 bits per heavy atom. The fourth-order valence-electron chi connectivity index (χ4n) is 2.38. The van der Waals surface area contributed by atoms with E-state index in [0.29, 0.717) is 0 Å². The zero-order valence-corrected chi connectivity index (χ0v) is 12.0. The summed E-state index contributed by atoms with van der Waals surface area (Å²) < 4.78 is 44.1. The number of allylic oxidation sites excluding steroid dienone is 1. The third-order valence-corrected chi connectivity index (χ3v) is 4.19. The lowest BCUT2D eigenvalue weighted by molar-refractivity contribution is -0.178. The lowest BCUT2D eigenvalue weighted by Gasteiger charge is -2.23. The van der Waals surface area contributed by atoms with Gasteiger partial charge in [-0.1, -0.05) is 12.1 Å². The van der Waals surface area contributed by atoms with Crippen LogP contribution in [0, 0.1) is 11.8 Å². The van der Waals surface area contributed by atoms with Gasteiger partial charge in [0.15, 0.2) is 5.78 Å². The van der Waals surface area contributed by atoms with E-state index in [1.54, 1.807) is 18.4 Å². The second kappa shape index (κ2) is 6.01. The minimum atomic E-state index is -4.54. The molecule has 1 heterocycles. The molecule has 1 aromatic heterocycles.